The molecule has 0 aromatic heterocycles. The van der Waals surface area contributed by atoms with Crippen molar-refractivity contribution in [2.24, 2.45) is 0 Å². The third-order valence-electron chi connectivity index (χ3n) is 4.74. The van der Waals surface area contributed by atoms with Crippen molar-refractivity contribution < 1.29 is 26.7 Å². The van der Waals surface area contributed by atoms with E-state index in [9.17, 15) is 22.0 Å². The van der Waals surface area contributed by atoms with Gasteiger partial charge >= 0.3 is 0 Å². The number of hydrogen-bond acceptors (Lipinski definition) is 4. The summed E-state index contributed by atoms with van der Waals surface area (Å²) in [5, 5.41) is 3.12. The zero-order chi connectivity index (χ0) is 25.0. The molecule has 6 nitrogen and oxygen atoms in total. The highest BCUT2D eigenvalue weighted by molar-refractivity contribution is 7.92. The summed E-state index contributed by atoms with van der Waals surface area (Å²) < 4.78 is 61.0. The topological polar surface area (TPSA) is 84.5 Å². The van der Waals surface area contributed by atoms with Gasteiger partial charge in [0.15, 0.2) is 0 Å². The lowest BCUT2D eigenvalue weighted by atomic mass is 10.1. The van der Waals surface area contributed by atoms with E-state index in [1.54, 1.807) is 48.5 Å². The van der Waals surface area contributed by atoms with Crippen molar-refractivity contribution in [3.05, 3.63) is 113 Å². The number of ether oxygens (including phenoxy) is 1. The maximum Gasteiger partial charge on any atom is 0.264 e. The Bertz CT molecular complexity index is 1480. The zero-order valence-corrected chi connectivity index (χ0v) is 19.4. The monoisotopic (exact) mass is 514 g/mol. The van der Waals surface area contributed by atoms with Crippen LogP contribution in [0.4, 0.5) is 20.2 Å². The molecule has 0 heterocycles. The fourth-order valence-corrected chi connectivity index (χ4v) is 4.38. The van der Waals surface area contributed by atoms with Crippen LogP contribution in [0.3, 0.4) is 0 Å². The van der Waals surface area contributed by atoms with E-state index < -0.39 is 32.5 Å². The van der Waals surface area contributed by atoms with E-state index in [2.05, 4.69) is 10.0 Å². The van der Waals surface area contributed by atoms with E-state index >= 15 is 0 Å². The Kier molecular flexibility index (Phi) is 6.99. The maximum atomic E-state index is 14.2. The van der Waals surface area contributed by atoms with Gasteiger partial charge in [0.05, 0.1) is 11.3 Å². The Morgan fingerprint density at radius 3 is 2.23 bits per heavy atom. The molecular formula is C25H17ClF2N2O4S. The summed E-state index contributed by atoms with van der Waals surface area (Å²) in [7, 11) is -4.50. The van der Waals surface area contributed by atoms with Gasteiger partial charge in [-0.25, -0.2) is 17.2 Å². The van der Waals surface area contributed by atoms with Crippen LogP contribution in [0, 0.1) is 11.6 Å². The minimum Gasteiger partial charge on any atom is -0.457 e. The number of carbonyl (C=O) groups excluding carboxylic acids is 1. The van der Waals surface area contributed by atoms with Crippen LogP contribution in [-0.2, 0) is 10.0 Å². The number of amides is 1. The lowest BCUT2D eigenvalue weighted by Crippen LogP contribution is -2.19. The number of anilines is 2. The van der Waals surface area contributed by atoms with Gasteiger partial charge in [-0.1, -0.05) is 29.8 Å². The van der Waals surface area contributed by atoms with Gasteiger partial charge in [-0.3, -0.25) is 9.52 Å². The molecule has 0 atom stereocenters. The van der Waals surface area contributed by atoms with Gasteiger partial charge < -0.3 is 10.1 Å². The smallest absolute Gasteiger partial charge is 0.264 e. The fraction of sp³-hybridized carbons (Fsp3) is 0. The normalized spacial score (nSPS) is 11.1. The molecule has 0 aliphatic heterocycles. The number of para-hydroxylation sites is 1. The average molecular weight is 515 g/mol. The number of benzene rings is 4. The molecule has 0 radical (unpaired) electrons. The predicted molar refractivity (Wildman–Crippen MR) is 130 cm³/mol. The molecule has 0 unspecified atom stereocenters. The molecule has 1 amide bonds. The molecule has 4 rings (SSSR count). The third-order valence-corrected chi connectivity index (χ3v) is 6.40. The highest BCUT2D eigenvalue weighted by atomic mass is 35.5. The van der Waals surface area contributed by atoms with Gasteiger partial charge in [0, 0.05) is 16.8 Å². The van der Waals surface area contributed by atoms with Crippen LogP contribution in [0.5, 0.6) is 11.5 Å². The Morgan fingerprint density at radius 1 is 0.829 bits per heavy atom. The quantitative estimate of drug-likeness (QED) is 0.296. The number of rotatable bonds is 7. The molecule has 0 fully saturated rings. The summed E-state index contributed by atoms with van der Waals surface area (Å²) >= 11 is 5.88. The van der Waals surface area contributed by atoms with Gasteiger partial charge in [-0.2, -0.15) is 0 Å². The first-order valence-corrected chi connectivity index (χ1v) is 12.0. The minimum atomic E-state index is -4.50. The SMILES string of the molecule is O=C(Nc1ccc(Cl)cc1)c1cc(Oc2ccccc2)ccc1NS(=O)(=O)c1ccc(F)cc1F. The van der Waals surface area contributed by atoms with E-state index in [1.807, 2.05) is 6.07 Å². The summed E-state index contributed by atoms with van der Waals surface area (Å²) in [6.07, 6.45) is 0. The van der Waals surface area contributed by atoms with E-state index in [1.165, 1.54) is 18.2 Å². The van der Waals surface area contributed by atoms with Gasteiger partial charge in [-0.05, 0) is 66.7 Å². The van der Waals surface area contributed by atoms with Crippen LogP contribution in [0.2, 0.25) is 5.02 Å². The van der Waals surface area contributed by atoms with E-state index in [-0.39, 0.29) is 17.0 Å². The largest absolute Gasteiger partial charge is 0.457 e. The molecule has 10 heteroatoms. The van der Waals surface area contributed by atoms with Crippen molar-refractivity contribution in [3.8, 4) is 11.5 Å². The van der Waals surface area contributed by atoms with Crippen molar-refractivity contribution >= 4 is 38.9 Å². The summed E-state index contributed by atoms with van der Waals surface area (Å²) in [4.78, 5) is 12.3. The summed E-state index contributed by atoms with van der Waals surface area (Å²) in [5.74, 6) is -2.10. The van der Waals surface area contributed by atoms with Crippen LogP contribution >= 0.6 is 11.6 Å². The van der Waals surface area contributed by atoms with Crippen molar-refractivity contribution in [3.63, 3.8) is 0 Å². The van der Waals surface area contributed by atoms with Crippen molar-refractivity contribution in [1.82, 2.24) is 0 Å². The molecule has 4 aromatic rings. The lowest BCUT2D eigenvalue weighted by Gasteiger charge is -2.15. The standard InChI is InChI=1S/C25H17ClF2N2O4S/c26-16-6-9-18(10-7-16)29-25(31)21-15-20(34-19-4-2-1-3-5-19)11-12-23(21)30-35(32,33)24-13-8-17(27)14-22(24)28/h1-15,30H,(H,29,31). The maximum absolute atomic E-state index is 14.2. The second-order valence-electron chi connectivity index (χ2n) is 7.26. The number of hydrogen-bond donors (Lipinski definition) is 2. The van der Waals surface area contributed by atoms with Crippen LogP contribution in [0.15, 0.2) is 95.9 Å². The number of carbonyl (C=O) groups is 1. The first-order valence-electron chi connectivity index (χ1n) is 10.1. The second kappa shape index (κ2) is 10.1. The molecule has 0 spiro atoms. The first kappa shape index (κ1) is 24.2. The molecular weight excluding hydrogens is 498 g/mol. The minimum absolute atomic E-state index is 0.0977. The number of halogens is 3. The van der Waals surface area contributed by atoms with Crippen LogP contribution in [0.25, 0.3) is 0 Å². The molecule has 0 saturated carbocycles. The van der Waals surface area contributed by atoms with E-state index in [0.717, 1.165) is 12.1 Å². The Morgan fingerprint density at radius 2 is 1.54 bits per heavy atom. The van der Waals surface area contributed by atoms with Crippen molar-refractivity contribution in [2.45, 2.75) is 4.90 Å². The van der Waals surface area contributed by atoms with E-state index in [0.29, 0.717) is 22.5 Å². The Balaban J connectivity index is 1.70. The second-order valence-corrected chi connectivity index (χ2v) is 9.35. The zero-order valence-electron chi connectivity index (χ0n) is 17.8. The molecule has 4 aromatic carbocycles. The van der Waals surface area contributed by atoms with Gasteiger partial charge in [0.25, 0.3) is 15.9 Å². The molecule has 0 bridgehead atoms. The average Bonchev–Trinajstić information content (AvgIpc) is 2.81. The van der Waals surface area contributed by atoms with Crippen LogP contribution in [0.1, 0.15) is 10.4 Å². The van der Waals surface area contributed by atoms with Crippen LogP contribution in [-0.4, -0.2) is 14.3 Å². The number of nitrogens with one attached hydrogen (secondary N) is 2. The van der Waals surface area contributed by atoms with Gasteiger partial charge in [0.2, 0.25) is 0 Å². The summed E-state index contributed by atoms with van der Waals surface area (Å²) in [6, 6.07) is 21.2. The van der Waals surface area contributed by atoms with Crippen molar-refractivity contribution in [1.29, 1.82) is 0 Å². The molecule has 0 aliphatic rings. The number of sulfonamides is 1. The Hall–Kier alpha value is -3.95. The third kappa shape index (κ3) is 5.95. The lowest BCUT2D eigenvalue weighted by molar-refractivity contribution is 0.102. The molecule has 178 valence electrons. The van der Waals surface area contributed by atoms with E-state index in [4.69, 9.17) is 16.3 Å². The van der Waals surface area contributed by atoms with Gasteiger partial charge in [-0.15, -0.1) is 0 Å². The highest BCUT2D eigenvalue weighted by Gasteiger charge is 2.23. The summed E-state index contributed by atoms with van der Waals surface area (Å²) in [5.41, 5.74) is 0.173. The van der Waals surface area contributed by atoms with Gasteiger partial charge in [0.1, 0.15) is 28.0 Å². The highest BCUT2D eigenvalue weighted by Crippen LogP contribution is 2.29. The van der Waals surface area contributed by atoms with Crippen molar-refractivity contribution in [2.75, 3.05) is 10.0 Å². The molecule has 0 saturated heterocycles. The Labute approximate surface area is 205 Å². The molecule has 2 N–H and O–H groups in total. The van der Waals surface area contributed by atoms with Crippen LogP contribution < -0.4 is 14.8 Å². The summed E-state index contributed by atoms with van der Waals surface area (Å²) in [6.45, 7) is 0. The fourth-order valence-electron chi connectivity index (χ4n) is 3.11. The molecule has 35 heavy (non-hydrogen) atoms. The predicted octanol–water partition coefficient (Wildman–Crippen LogP) is 6.46. The first-order chi connectivity index (χ1) is 16.7. The molecule has 0 aliphatic carbocycles.